The molecule has 2 aliphatic heterocycles. The largest absolute Gasteiger partial charge is 0.462 e. The van der Waals surface area contributed by atoms with Gasteiger partial charge in [-0.15, -0.1) is 0 Å². The van der Waals surface area contributed by atoms with Crippen molar-refractivity contribution in [2.45, 2.75) is 52.7 Å². The standard InChI is InChI=1S/C26H34N2O3/c1-7-18(2)25(29)28-13-10-26(11-14-28)30-17-23(22(6)31-26)15-20(4)21(5)16-24-19(3)9-8-12-27-24/h8-9,12,15-16,18H,4,6-7,10-11,13-14,17H2,1-3,5H3/b21-16+,23-15-. The number of pyridine rings is 1. The van der Waals surface area contributed by atoms with Gasteiger partial charge in [0.25, 0.3) is 0 Å². The van der Waals surface area contributed by atoms with E-state index in [4.69, 9.17) is 9.47 Å². The molecule has 3 heterocycles. The van der Waals surface area contributed by atoms with E-state index in [2.05, 4.69) is 18.1 Å². The van der Waals surface area contributed by atoms with Crippen molar-refractivity contribution in [1.29, 1.82) is 0 Å². The number of hydrogen-bond donors (Lipinski definition) is 0. The summed E-state index contributed by atoms with van der Waals surface area (Å²) in [6.45, 7) is 18.1. The van der Waals surface area contributed by atoms with Gasteiger partial charge in [0, 0.05) is 43.6 Å². The summed E-state index contributed by atoms with van der Waals surface area (Å²) in [5.74, 6) is 0.215. The molecule has 0 N–H and O–H groups in total. The lowest BCUT2D eigenvalue weighted by molar-refractivity contribution is -0.246. The molecule has 0 aliphatic carbocycles. The Bertz CT molecular complexity index is 920. The van der Waals surface area contributed by atoms with E-state index in [9.17, 15) is 4.79 Å². The summed E-state index contributed by atoms with van der Waals surface area (Å²) in [6.07, 6.45) is 7.96. The Morgan fingerprint density at radius 1 is 1.39 bits per heavy atom. The molecule has 1 unspecified atom stereocenters. The highest BCUT2D eigenvalue weighted by molar-refractivity contribution is 5.78. The zero-order valence-electron chi connectivity index (χ0n) is 19.2. The molecule has 1 aromatic rings. The number of hydrogen-bond acceptors (Lipinski definition) is 4. The third-order valence-corrected chi connectivity index (χ3v) is 6.29. The second-order valence-electron chi connectivity index (χ2n) is 8.59. The van der Waals surface area contributed by atoms with Gasteiger partial charge in [0.2, 0.25) is 11.7 Å². The van der Waals surface area contributed by atoms with E-state index in [1.165, 1.54) is 0 Å². The van der Waals surface area contributed by atoms with E-state index in [1.54, 1.807) is 6.20 Å². The molecule has 166 valence electrons. The molecule has 5 heteroatoms. The zero-order chi connectivity index (χ0) is 22.6. The lowest BCUT2D eigenvalue weighted by atomic mass is 9.98. The molecular weight excluding hydrogens is 388 g/mol. The highest BCUT2D eigenvalue weighted by Gasteiger charge is 2.42. The zero-order valence-corrected chi connectivity index (χ0v) is 19.2. The van der Waals surface area contributed by atoms with E-state index in [1.807, 2.05) is 56.9 Å². The number of carbonyl (C=O) groups is 1. The molecule has 1 amide bonds. The normalized spacial score (nSPS) is 21.2. The number of allylic oxidation sites excluding steroid dienone is 3. The van der Waals surface area contributed by atoms with Gasteiger partial charge in [-0.3, -0.25) is 9.78 Å². The van der Waals surface area contributed by atoms with Crippen molar-refractivity contribution in [3.63, 3.8) is 0 Å². The first-order valence-electron chi connectivity index (χ1n) is 11.1. The SMILES string of the molecule is C=C1OC2(CCN(C(=O)C(C)CC)CC2)OC/C1=C/C(=C)/C(C)=C/c1ncccc1C. The van der Waals surface area contributed by atoms with E-state index < -0.39 is 5.79 Å². The molecule has 0 aromatic carbocycles. The van der Waals surface area contributed by atoms with Gasteiger partial charge in [0.1, 0.15) is 5.76 Å². The first kappa shape index (κ1) is 23.0. The first-order chi connectivity index (χ1) is 14.7. The van der Waals surface area contributed by atoms with Crippen LogP contribution in [0.2, 0.25) is 0 Å². The Morgan fingerprint density at radius 2 is 2.10 bits per heavy atom. The predicted molar refractivity (Wildman–Crippen MR) is 124 cm³/mol. The van der Waals surface area contributed by atoms with Crippen molar-refractivity contribution in [2.75, 3.05) is 19.7 Å². The summed E-state index contributed by atoms with van der Waals surface area (Å²) in [4.78, 5) is 18.8. The van der Waals surface area contributed by atoms with Crippen LogP contribution in [0.1, 0.15) is 51.3 Å². The molecule has 3 rings (SSSR count). The number of rotatable bonds is 5. The fraction of sp³-hybridized carbons (Fsp3) is 0.462. The van der Waals surface area contributed by atoms with Gasteiger partial charge in [0.05, 0.1) is 12.3 Å². The average molecular weight is 423 g/mol. The second kappa shape index (κ2) is 9.65. The molecule has 2 fully saturated rings. The molecule has 1 spiro atoms. The van der Waals surface area contributed by atoms with Crippen molar-refractivity contribution in [3.8, 4) is 0 Å². The molecule has 5 nitrogen and oxygen atoms in total. The highest BCUT2D eigenvalue weighted by atomic mass is 16.7. The van der Waals surface area contributed by atoms with Gasteiger partial charge in [0.15, 0.2) is 0 Å². The maximum atomic E-state index is 12.5. The third kappa shape index (κ3) is 5.34. The van der Waals surface area contributed by atoms with Crippen molar-refractivity contribution in [2.24, 2.45) is 5.92 Å². The molecule has 1 aromatic heterocycles. The van der Waals surface area contributed by atoms with Crippen LogP contribution in [0.25, 0.3) is 6.08 Å². The number of aryl methyl sites for hydroxylation is 1. The number of likely N-dealkylation sites (tertiary alicyclic amines) is 1. The van der Waals surface area contributed by atoms with Crippen LogP contribution in [-0.2, 0) is 14.3 Å². The summed E-state index contributed by atoms with van der Waals surface area (Å²) in [6, 6.07) is 3.97. The first-order valence-corrected chi connectivity index (χ1v) is 11.1. The van der Waals surface area contributed by atoms with Crippen LogP contribution < -0.4 is 0 Å². The monoisotopic (exact) mass is 422 g/mol. The Hall–Kier alpha value is -2.66. The summed E-state index contributed by atoms with van der Waals surface area (Å²) in [7, 11) is 0. The van der Waals surface area contributed by atoms with Crippen LogP contribution in [0.5, 0.6) is 0 Å². The van der Waals surface area contributed by atoms with Gasteiger partial charge in [-0.1, -0.05) is 33.1 Å². The third-order valence-electron chi connectivity index (χ3n) is 6.29. The van der Waals surface area contributed by atoms with Crippen LogP contribution in [0, 0.1) is 12.8 Å². The molecule has 1 atom stereocenters. The van der Waals surface area contributed by atoms with Crippen LogP contribution in [-0.4, -0.2) is 41.3 Å². The van der Waals surface area contributed by atoms with Crippen LogP contribution in [0.4, 0.5) is 0 Å². The molecule has 2 saturated heterocycles. The van der Waals surface area contributed by atoms with Crippen molar-refractivity contribution in [1.82, 2.24) is 9.88 Å². The fourth-order valence-corrected chi connectivity index (χ4v) is 3.80. The number of amides is 1. The molecule has 31 heavy (non-hydrogen) atoms. The number of piperidine rings is 1. The summed E-state index contributed by atoms with van der Waals surface area (Å²) >= 11 is 0. The van der Waals surface area contributed by atoms with Crippen LogP contribution in [0.3, 0.4) is 0 Å². The van der Waals surface area contributed by atoms with Gasteiger partial charge < -0.3 is 14.4 Å². The highest BCUT2D eigenvalue weighted by Crippen LogP contribution is 2.37. The molecule has 0 saturated carbocycles. The smallest absolute Gasteiger partial charge is 0.225 e. The van der Waals surface area contributed by atoms with Crippen molar-refractivity contribution < 1.29 is 14.3 Å². The molecular formula is C26H34N2O3. The minimum atomic E-state index is -0.683. The van der Waals surface area contributed by atoms with Gasteiger partial charge in [-0.25, -0.2) is 0 Å². The summed E-state index contributed by atoms with van der Waals surface area (Å²) in [5, 5.41) is 0. The van der Waals surface area contributed by atoms with E-state index in [0.29, 0.717) is 38.3 Å². The summed E-state index contributed by atoms with van der Waals surface area (Å²) in [5.41, 5.74) is 4.85. The molecule has 2 aliphatic rings. The van der Waals surface area contributed by atoms with E-state index >= 15 is 0 Å². The number of carbonyl (C=O) groups excluding carboxylic acids is 1. The molecule has 0 bridgehead atoms. The minimum absolute atomic E-state index is 0.0592. The lowest BCUT2D eigenvalue weighted by Crippen LogP contribution is -2.52. The summed E-state index contributed by atoms with van der Waals surface area (Å²) < 4.78 is 12.3. The Morgan fingerprint density at radius 3 is 2.71 bits per heavy atom. The van der Waals surface area contributed by atoms with E-state index in [0.717, 1.165) is 34.4 Å². The van der Waals surface area contributed by atoms with Crippen LogP contribution >= 0.6 is 0 Å². The maximum Gasteiger partial charge on any atom is 0.225 e. The topological polar surface area (TPSA) is 51.7 Å². The number of nitrogens with zero attached hydrogens (tertiary/aromatic N) is 2. The lowest BCUT2D eigenvalue weighted by Gasteiger charge is -2.45. The van der Waals surface area contributed by atoms with Crippen molar-refractivity contribution >= 4 is 12.0 Å². The fourth-order valence-electron chi connectivity index (χ4n) is 3.80. The van der Waals surface area contributed by atoms with Gasteiger partial charge in [-0.05, 0) is 55.2 Å². The molecule has 0 radical (unpaired) electrons. The van der Waals surface area contributed by atoms with Gasteiger partial charge in [-0.2, -0.15) is 0 Å². The minimum Gasteiger partial charge on any atom is -0.462 e. The Kier molecular flexibility index (Phi) is 7.16. The Balaban J connectivity index is 1.62. The Labute approximate surface area is 186 Å². The number of aromatic nitrogens is 1. The predicted octanol–water partition coefficient (Wildman–Crippen LogP) is 5.20. The number of ether oxygens (including phenoxy) is 2. The van der Waals surface area contributed by atoms with Gasteiger partial charge >= 0.3 is 0 Å². The quantitative estimate of drug-likeness (QED) is 0.612. The average Bonchev–Trinajstić information content (AvgIpc) is 2.76. The maximum absolute atomic E-state index is 12.5. The van der Waals surface area contributed by atoms with E-state index in [-0.39, 0.29) is 11.8 Å². The van der Waals surface area contributed by atoms with Crippen molar-refractivity contribution in [3.05, 3.63) is 71.3 Å². The second-order valence-corrected chi connectivity index (χ2v) is 8.59. The van der Waals surface area contributed by atoms with Crippen LogP contribution in [0.15, 0.2) is 60.0 Å².